The van der Waals surface area contributed by atoms with Crippen LogP contribution in [0.25, 0.3) is 16.5 Å². The Morgan fingerprint density at radius 2 is 1.94 bits per heavy atom. The Morgan fingerprint density at radius 3 is 2.73 bits per heavy atom. The smallest absolute Gasteiger partial charge is 0.335 e. The molecule has 1 aliphatic heterocycles. The highest BCUT2D eigenvalue weighted by Crippen LogP contribution is 2.40. The van der Waals surface area contributed by atoms with E-state index in [4.69, 9.17) is 9.47 Å². The van der Waals surface area contributed by atoms with Gasteiger partial charge in [-0.1, -0.05) is 42.8 Å². The fourth-order valence-electron chi connectivity index (χ4n) is 5.05. The van der Waals surface area contributed by atoms with Crippen molar-refractivity contribution < 1.29 is 14.3 Å². The van der Waals surface area contributed by atoms with Crippen molar-refractivity contribution in [1.82, 2.24) is 9.78 Å². The maximum atomic E-state index is 12.0. The first-order valence-corrected chi connectivity index (χ1v) is 12.0. The molecule has 3 aromatic rings. The molecule has 5 nitrogen and oxygen atoms in total. The first-order chi connectivity index (χ1) is 16.2. The molecule has 0 amide bonds. The number of rotatable bonds is 5. The third-order valence-corrected chi connectivity index (χ3v) is 6.66. The highest BCUT2D eigenvalue weighted by molar-refractivity contribution is 5.92. The van der Waals surface area contributed by atoms with Crippen molar-refractivity contribution >= 4 is 22.4 Å². The number of benzene rings is 2. The number of carbonyl (C=O) groups is 1. The molecule has 5 heteroatoms. The van der Waals surface area contributed by atoms with Crippen molar-refractivity contribution in [3.8, 4) is 5.75 Å². The summed E-state index contributed by atoms with van der Waals surface area (Å²) in [5, 5.41) is 5.76. The molecule has 2 aliphatic rings. The van der Waals surface area contributed by atoms with Gasteiger partial charge in [0.1, 0.15) is 5.75 Å². The van der Waals surface area contributed by atoms with Gasteiger partial charge in [-0.25, -0.2) is 9.48 Å². The lowest BCUT2D eigenvalue weighted by molar-refractivity contribution is -0.128. The van der Waals surface area contributed by atoms with Gasteiger partial charge in [0.25, 0.3) is 0 Å². The summed E-state index contributed by atoms with van der Waals surface area (Å²) >= 11 is 0. The van der Waals surface area contributed by atoms with Gasteiger partial charge in [0.15, 0.2) is 6.23 Å². The van der Waals surface area contributed by atoms with Gasteiger partial charge in [-0.05, 0) is 74.3 Å². The molecule has 0 spiro atoms. The lowest BCUT2D eigenvalue weighted by Crippen LogP contribution is -2.18. The van der Waals surface area contributed by atoms with Crippen molar-refractivity contribution in [2.45, 2.75) is 57.6 Å². The first-order valence-electron chi connectivity index (χ1n) is 12.0. The fourth-order valence-corrected chi connectivity index (χ4v) is 5.05. The molecule has 5 rings (SSSR count). The van der Waals surface area contributed by atoms with E-state index in [1.165, 1.54) is 42.9 Å². The van der Waals surface area contributed by atoms with Gasteiger partial charge < -0.3 is 9.47 Å². The average Bonchev–Trinajstić information content (AvgIpc) is 3.30. The molecule has 0 bridgehead atoms. The minimum Gasteiger partial charge on any atom is -0.423 e. The van der Waals surface area contributed by atoms with Crippen molar-refractivity contribution in [2.75, 3.05) is 6.61 Å². The van der Waals surface area contributed by atoms with Gasteiger partial charge in [-0.3, -0.25) is 0 Å². The highest BCUT2D eigenvalue weighted by Gasteiger charge is 2.22. The Hall–Kier alpha value is -3.18. The zero-order valence-corrected chi connectivity index (χ0v) is 19.0. The lowest BCUT2D eigenvalue weighted by atomic mass is 9.84. The Labute approximate surface area is 194 Å². The Bertz CT molecular complexity index is 1190. The first kappa shape index (κ1) is 21.7. The van der Waals surface area contributed by atoms with Gasteiger partial charge in [-0.15, -0.1) is 0 Å². The molecule has 0 N–H and O–H groups in total. The van der Waals surface area contributed by atoms with Crippen LogP contribution in [0.1, 0.15) is 68.7 Å². The molecule has 0 radical (unpaired) electrons. The van der Waals surface area contributed by atoms with Gasteiger partial charge in [0.2, 0.25) is 0 Å². The van der Waals surface area contributed by atoms with Crippen LogP contribution >= 0.6 is 0 Å². The summed E-state index contributed by atoms with van der Waals surface area (Å²) < 4.78 is 13.6. The largest absolute Gasteiger partial charge is 0.423 e. The summed E-state index contributed by atoms with van der Waals surface area (Å²) in [7, 11) is 0. The van der Waals surface area contributed by atoms with Crippen LogP contribution in [-0.2, 0) is 9.53 Å². The number of hydrogen-bond donors (Lipinski definition) is 0. The summed E-state index contributed by atoms with van der Waals surface area (Å²) in [4.78, 5) is 12.0. The number of carbonyl (C=O) groups excluding carboxylic acids is 1. The number of fused-ring (bicyclic) bond motifs is 1. The molecule has 1 atom stereocenters. The predicted molar refractivity (Wildman–Crippen MR) is 130 cm³/mol. The third-order valence-electron chi connectivity index (χ3n) is 6.66. The van der Waals surface area contributed by atoms with Crippen molar-refractivity contribution in [3.05, 3.63) is 78.0 Å². The zero-order valence-electron chi connectivity index (χ0n) is 19.0. The molecular weight excluding hydrogens is 412 g/mol. The van der Waals surface area contributed by atoms with Gasteiger partial charge >= 0.3 is 5.97 Å². The summed E-state index contributed by atoms with van der Waals surface area (Å²) in [6.45, 7) is 4.34. The van der Waals surface area contributed by atoms with E-state index in [0.29, 0.717) is 5.75 Å². The quantitative estimate of drug-likeness (QED) is 0.254. The van der Waals surface area contributed by atoms with E-state index in [2.05, 4.69) is 29.9 Å². The molecule has 33 heavy (non-hydrogen) atoms. The van der Waals surface area contributed by atoms with E-state index in [-0.39, 0.29) is 6.23 Å². The zero-order chi connectivity index (χ0) is 22.6. The van der Waals surface area contributed by atoms with E-state index in [1.807, 2.05) is 35.1 Å². The van der Waals surface area contributed by atoms with Gasteiger partial charge in [0.05, 0.1) is 11.7 Å². The molecule has 2 aromatic carbocycles. The highest BCUT2D eigenvalue weighted by atomic mass is 16.5. The molecule has 170 valence electrons. The Balaban J connectivity index is 1.60. The number of aromatic nitrogens is 2. The van der Waals surface area contributed by atoms with Crippen LogP contribution in [0.5, 0.6) is 5.75 Å². The van der Waals surface area contributed by atoms with E-state index in [9.17, 15) is 4.79 Å². The minimum atomic E-state index is -0.445. The number of allylic oxidation sites excluding steroid dienone is 1. The number of hydrogen-bond acceptors (Lipinski definition) is 4. The number of nitrogens with zero attached hydrogens (tertiary/aromatic N) is 2. The van der Waals surface area contributed by atoms with Crippen LogP contribution in [0.4, 0.5) is 0 Å². The molecule has 1 aromatic heterocycles. The Morgan fingerprint density at radius 1 is 1.09 bits per heavy atom. The van der Waals surface area contributed by atoms with Crippen molar-refractivity contribution in [3.63, 3.8) is 0 Å². The van der Waals surface area contributed by atoms with E-state index in [0.717, 1.165) is 54.3 Å². The van der Waals surface area contributed by atoms with E-state index in [1.54, 1.807) is 0 Å². The van der Waals surface area contributed by atoms with Crippen molar-refractivity contribution in [1.29, 1.82) is 0 Å². The Kier molecular flexibility index (Phi) is 6.40. The summed E-state index contributed by atoms with van der Waals surface area (Å²) in [6, 6.07) is 14.3. The number of ether oxygens (including phenoxy) is 2. The summed E-state index contributed by atoms with van der Waals surface area (Å²) in [5.41, 5.74) is 5.76. The van der Waals surface area contributed by atoms with Crippen molar-refractivity contribution in [2.24, 2.45) is 0 Å². The number of esters is 1. The molecule has 1 unspecified atom stereocenters. The molecule has 1 saturated carbocycles. The maximum Gasteiger partial charge on any atom is 0.335 e. The average molecular weight is 443 g/mol. The maximum absolute atomic E-state index is 12.0. The van der Waals surface area contributed by atoms with E-state index < -0.39 is 5.97 Å². The van der Waals surface area contributed by atoms with Gasteiger partial charge in [0, 0.05) is 23.6 Å². The lowest BCUT2D eigenvalue weighted by Gasteiger charge is -2.24. The van der Waals surface area contributed by atoms with Crippen LogP contribution in [-0.4, -0.2) is 22.4 Å². The molecule has 2 fully saturated rings. The summed E-state index contributed by atoms with van der Waals surface area (Å²) in [6.07, 6.45) is 12.2. The predicted octanol–water partition coefficient (Wildman–Crippen LogP) is 6.59. The van der Waals surface area contributed by atoms with Crippen LogP contribution in [0.3, 0.4) is 0 Å². The summed E-state index contributed by atoms with van der Waals surface area (Å²) in [5.74, 6) is 0.126. The van der Waals surface area contributed by atoms with Crippen LogP contribution in [0.2, 0.25) is 0 Å². The molecule has 1 aliphatic carbocycles. The fraction of sp³-hybridized carbons (Fsp3) is 0.357. The normalized spacial score (nSPS) is 18.8. The second kappa shape index (κ2) is 9.75. The number of para-hydroxylation sites is 1. The topological polar surface area (TPSA) is 53.3 Å². The standard InChI is InChI=1S/C28H30N2O3/c1-2-27(31)33-25-13-7-6-12-23(25)28(20-10-4-3-5-11-20)21-15-16-24-22(18-21)19-29-30(24)26-14-8-9-17-32-26/h2,6-7,12-13,15-16,18-19,26H,1,3-5,8-11,14,17H2. The third kappa shape index (κ3) is 4.51. The molecular formula is C28H30N2O3. The minimum absolute atomic E-state index is 0.0114. The van der Waals surface area contributed by atoms with E-state index >= 15 is 0 Å². The SMILES string of the molecule is C=CC(=O)Oc1ccccc1C(=C1CCCCC1)c1ccc2c(cnn2C2CCCCO2)c1. The monoisotopic (exact) mass is 442 g/mol. The van der Waals surface area contributed by atoms with Gasteiger partial charge in [-0.2, -0.15) is 5.10 Å². The van der Waals surface area contributed by atoms with Crippen LogP contribution in [0, 0.1) is 0 Å². The second-order valence-corrected chi connectivity index (χ2v) is 8.84. The second-order valence-electron chi connectivity index (χ2n) is 8.84. The van der Waals surface area contributed by atoms with Crippen LogP contribution < -0.4 is 4.74 Å². The van der Waals surface area contributed by atoms with Crippen LogP contribution in [0.15, 0.2) is 66.9 Å². The molecule has 2 heterocycles. The molecule has 1 saturated heterocycles.